The van der Waals surface area contributed by atoms with Crippen LogP contribution in [0.25, 0.3) is 5.76 Å². The first kappa shape index (κ1) is 18.0. The van der Waals surface area contributed by atoms with Gasteiger partial charge in [0.2, 0.25) is 0 Å². The Hall–Kier alpha value is -3.37. The lowest BCUT2D eigenvalue weighted by Crippen LogP contribution is -2.29. The average molecular weight is 390 g/mol. The van der Waals surface area contributed by atoms with E-state index in [0.717, 1.165) is 5.56 Å². The highest BCUT2D eigenvalue weighted by Gasteiger charge is 2.46. The van der Waals surface area contributed by atoms with E-state index in [2.05, 4.69) is 0 Å². The number of aliphatic hydroxyl groups is 1. The third kappa shape index (κ3) is 3.08. The van der Waals surface area contributed by atoms with E-state index in [1.54, 1.807) is 48.5 Å². The van der Waals surface area contributed by atoms with Crippen molar-refractivity contribution in [3.8, 4) is 0 Å². The molecule has 1 heterocycles. The fourth-order valence-corrected chi connectivity index (χ4v) is 3.53. The van der Waals surface area contributed by atoms with Crippen LogP contribution >= 0.6 is 11.6 Å². The molecule has 0 unspecified atom stereocenters. The molecule has 0 bridgehead atoms. The minimum absolute atomic E-state index is 0.0670. The first-order valence-corrected chi connectivity index (χ1v) is 9.12. The smallest absolute Gasteiger partial charge is 0.300 e. The predicted octanol–water partition coefficient (Wildman–Crippen LogP) is 4.97. The Bertz CT molecular complexity index is 1060. The van der Waals surface area contributed by atoms with Crippen LogP contribution in [-0.4, -0.2) is 16.8 Å². The average Bonchev–Trinajstić information content (AvgIpc) is 3.00. The Kier molecular flexibility index (Phi) is 4.72. The molecule has 28 heavy (non-hydrogen) atoms. The molecule has 0 aromatic heterocycles. The number of halogens is 1. The van der Waals surface area contributed by atoms with Crippen molar-refractivity contribution in [1.29, 1.82) is 0 Å². The van der Waals surface area contributed by atoms with Crippen molar-refractivity contribution in [3.05, 3.63) is 107 Å². The Labute approximate surface area is 167 Å². The lowest BCUT2D eigenvalue weighted by atomic mass is 9.95. The van der Waals surface area contributed by atoms with Crippen molar-refractivity contribution in [2.75, 3.05) is 4.90 Å². The fourth-order valence-electron chi connectivity index (χ4n) is 3.40. The molecule has 0 saturated carbocycles. The van der Waals surface area contributed by atoms with Gasteiger partial charge in [0.15, 0.2) is 0 Å². The molecule has 4 rings (SSSR count). The summed E-state index contributed by atoms with van der Waals surface area (Å²) in [5, 5.41) is 11.4. The van der Waals surface area contributed by atoms with E-state index >= 15 is 0 Å². The maximum atomic E-state index is 12.9. The molecular weight excluding hydrogens is 374 g/mol. The molecule has 1 fully saturated rings. The molecule has 5 heteroatoms. The number of amides is 1. The number of Topliss-reactive ketones (excluding diaryl/α,β-unsaturated/α-hetero) is 1. The molecule has 1 N–H and O–H groups in total. The monoisotopic (exact) mass is 389 g/mol. The molecule has 1 aliphatic rings. The van der Waals surface area contributed by atoms with E-state index in [1.807, 2.05) is 36.4 Å². The molecule has 1 aliphatic heterocycles. The summed E-state index contributed by atoms with van der Waals surface area (Å²) in [5.74, 6) is -1.59. The molecular formula is C23H16ClNO3. The van der Waals surface area contributed by atoms with Gasteiger partial charge in [-0.2, -0.15) is 0 Å². The van der Waals surface area contributed by atoms with Gasteiger partial charge in [-0.05, 0) is 29.8 Å². The van der Waals surface area contributed by atoms with E-state index in [1.165, 1.54) is 4.90 Å². The van der Waals surface area contributed by atoms with Crippen molar-refractivity contribution in [3.63, 3.8) is 0 Å². The normalized spacial score (nSPS) is 18.5. The summed E-state index contributed by atoms with van der Waals surface area (Å²) in [7, 11) is 0. The van der Waals surface area contributed by atoms with Crippen LogP contribution in [0.4, 0.5) is 5.69 Å². The number of benzene rings is 3. The number of rotatable bonds is 3. The second kappa shape index (κ2) is 7.33. The highest BCUT2D eigenvalue weighted by Crippen LogP contribution is 2.42. The second-order valence-corrected chi connectivity index (χ2v) is 6.86. The summed E-state index contributed by atoms with van der Waals surface area (Å²) in [4.78, 5) is 27.2. The quantitative estimate of drug-likeness (QED) is 0.391. The zero-order chi connectivity index (χ0) is 19.7. The van der Waals surface area contributed by atoms with Crippen LogP contribution in [0.1, 0.15) is 17.2 Å². The van der Waals surface area contributed by atoms with Gasteiger partial charge in [-0.15, -0.1) is 0 Å². The van der Waals surface area contributed by atoms with Crippen LogP contribution in [-0.2, 0) is 9.59 Å². The van der Waals surface area contributed by atoms with Gasteiger partial charge in [-0.3, -0.25) is 14.5 Å². The molecule has 4 nitrogen and oxygen atoms in total. The van der Waals surface area contributed by atoms with Gasteiger partial charge >= 0.3 is 0 Å². The number of carbonyl (C=O) groups excluding carboxylic acids is 2. The molecule has 3 aromatic rings. The number of carbonyl (C=O) groups is 2. The van der Waals surface area contributed by atoms with Crippen LogP contribution in [0.5, 0.6) is 0 Å². The molecule has 1 amide bonds. The highest BCUT2D eigenvalue weighted by molar-refractivity contribution is 6.51. The third-order valence-electron chi connectivity index (χ3n) is 4.71. The molecule has 1 saturated heterocycles. The Balaban J connectivity index is 1.94. The summed E-state index contributed by atoms with van der Waals surface area (Å²) >= 11 is 5.98. The number of aliphatic hydroxyl groups excluding tert-OH is 1. The predicted molar refractivity (Wildman–Crippen MR) is 109 cm³/mol. The van der Waals surface area contributed by atoms with Crippen molar-refractivity contribution in [1.82, 2.24) is 0 Å². The van der Waals surface area contributed by atoms with Crippen LogP contribution in [0.15, 0.2) is 90.5 Å². The van der Waals surface area contributed by atoms with Gasteiger partial charge in [0.05, 0.1) is 11.6 Å². The molecule has 138 valence electrons. The molecule has 0 aliphatic carbocycles. The Morgan fingerprint density at radius 1 is 0.821 bits per heavy atom. The molecule has 0 radical (unpaired) electrons. The lowest BCUT2D eigenvalue weighted by molar-refractivity contribution is -0.132. The van der Waals surface area contributed by atoms with Crippen molar-refractivity contribution in [2.45, 2.75) is 6.04 Å². The summed E-state index contributed by atoms with van der Waals surface area (Å²) in [6.45, 7) is 0. The summed E-state index contributed by atoms with van der Waals surface area (Å²) in [6, 6.07) is 23.9. The van der Waals surface area contributed by atoms with Gasteiger partial charge in [-0.1, -0.05) is 72.3 Å². The maximum absolute atomic E-state index is 12.9. The standard InChI is InChI=1S/C23H16ClNO3/c24-17-11-13-18(14-12-17)25-20(15-7-3-1-4-8-15)19(22(27)23(25)28)21(26)16-9-5-2-6-10-16/h1-14,20,26H/b21-19+/t20-/m1/s1. The van der Waals surface area contributed by atoms with E-state index < -0.39 is 17.7 Å². The van der Waals surface area contributed by atoms with Gasteiger partial charge in [-0.25, -0.2) is 0 Å². The van der Waals surface area contributed by atoms with Crippen LogP contribution in [0.2, 0.25) is 5.02 Å². The maximum Gasteiger partial charge on any atom is 0.300 e. The first-order valence-electron chi connectivity index (χ1n) is 8.75. The number of anilines is 1. The Morgan fingerprint density at radius 3 is 2.00 bits per heavy atom. The molecule has 1 atom stereocenters. The topological polar surface area (TPSA) is 57.6 Å². The Morgan fingerprint density at radius 2 is 1.39 bits per heavy atom. The van der Waals surface area contributed by atoms with Gasteiger partial charge < -0.3 is 5.11 Å². The summed E-state index contributed by atoms with van der Waals surface area (Å²) in [5.41, 5.74) is 1.82. The largest absolute Gasteiger partial charge is 0.507 e. The summed E-state index contributed by atoms with van der Waals surface area (Å²) in [6.07, 6.45) is 0. The van der Waals surface area contributed by atoms with E-state index in [0.29, 0.717) is 16.3 Å². The van der Waals surface area contributed by atoms with E-state index in [-0.39, 0.29) is 11.3 Å². The minimum atomic E-state index is -0.734. The fraction of sp³-hybridized carbons (Fsp3) is 0.0435. The first-order chi connectivity index (χ1) is 13.6. The number of ketones is 1. The number of nitrogens with zero attached hydrogens (tertiary/aromatic N) is 1. The van der Waals surface area contributed by atoms with Crippen molar-refractivity contribution in [2.24, 2.45) is 0 Å². The van der Waals surface area contributed by atoms with Gasteiger partial charge in [0.1, 0.15) is 5.76 Å². The van der Waals surface area contributed by atoms with Crippen LogP contribution in [0.3, 0.4) is 0 Å². The van der Waals surface area contributed by atoms with Crippen LogP contribution in [0, 0.1) is 0 Å². The number of hydrogen-bond acceptors (Lipinski definition) is 3. The molecule has 3 aromatic carbocycles. The SMILES string of the molecule is O=C1C(=O)N(c2ccc(Cl)cc2)[C@H](c2ccccc2)/C1=C(\O)c1ccccc1. The minimum Gasteiger partial charge on any atom is -0.507 e. The van der Waals surface area contributed by atoms with Crippen LogP contribution < -0.4 is 4.90 Å². The van der Waals surface area contributed by atoms with Gasteiger partial charge in [0.25, 0.3) is 11.7 Å². The zero-order valence-corrected chi connectivity index (χ0v) is 15.5. The third-order valence-corrected chi connectivity index (χ3v) is 4.96. The lowest BCUT2D eigenvalue weighted by Gasteiger charge is -2.25. The zero-order valence-electron chi connectivity index (χ0n) is 14.7. The van der Waals surface area contributed by atoms with Gasteiger partial charge in [0, 0.05) is 16.3 Å². The molecule has 0 spiro atoms. The highest BCUT2D eigenvalue weighted by atomic mass is 35.5. The van der Waals surface area contributed by atoms with Crippen molar-refractivity contribution < 1.29 is 14.7 Å². The second-order valence-electron chi connectivity index (χ2n) is 6.42. The van der Waals surface area contributed by atoms with Crippen molar-refractivity contribution >= 4 is 34.7 Å². The van der Waals surface area contributed by atoms with E-state index in [4.69, 9.17) is 11.6 Å². The van der Waals surface area contributed by atoms with E-state index in [9.17, 15) is 14.7 Å². The summed E-state index contributed by atoms with van der Waals surface area (Å²) < 4.78 is 0. The number of hydrogen-bond donors (Lipinski definition) is 1.